The topological polar surface area (TPSA) is 85.8 Å². The minimum Gasteiger partial charge on any atom is -0.358 e. The summed E-state index contributed by atoms with van der Waals surface area (Å²) in [5, 5.41) is 8.17. The second-order valence-electron chi connectivity index (χ2n) is 8.15. The number of dihydropyridines is 1. The molecule has 0 bridgehead atoms. The van der Waals surface area contributed by atoms with Gasteiger partial charge in [0.15, 0.2) is 0 Å². The molecule has 2 atom stereocenters. The summed E-state index contributed by atoms with van der Waals surface area (Å²) in [5.74, 6) is -2.82. The van der Waals surface area contributed by atoms with Crippen LogP contribution in [0.3, 0.4) is 0 Å². The molecule has 0 aromatic heterocycles. The lowest BCUT2D eigenvalue weighted by Gasteiger charge is -2.31. The van der Waals surface area contributed by atoms with E-state index in [1.54, 1.807) is 6.21 Å². The third-order valence-corrected chi connectivity index (χ3v) is 5.81. The molecule has 2 amide bonds. The van der Waals surface area contributed by atoms with Gasteiger partial charge in [-0.1, -0.05) is 18.2 Å². The van der Waals surface area contributed by atoms with Crippen LogP contribution in [0.15, 0.2) is 52.3 Å². The molecule has 32 heavy (non-hydrogen) atoms. The first-order valence-electron chi connectivity index (χ1n) is 11.0. The van der Waals surface area contributed by atoms with Gasteiger partial charge in [0.25, 0.3) is 0 Å². The summed E-state index contributed by atoms with van der Waals surface area (Å²) < 4.78 is 27.9. The van der Waals surface area contributed by atoms with Gasteiger partial charge in [-0.15, -0.1) is 0 Å². The van der Waals surface area contributed by atoms with E-state index in [0.717, 1.165) is 29.8 Å². The van der Waals surface area contributed by atoms with E-state index in [0.29, 0.717) is 19.4 Å². The van der Waals surface area contributed by atoms with Crippen molar-refractivity contribution in [1.82, 2.24) is 20.9 Å². The molecule has 3 aliphatic rings. The molecular weight excluding hydrogens is 416 g/mol. The highest BCUT2D eigenvalue weighted by Gasteiger charge is 2.33. The van der Waals surface area contributed by atoms with Crippen LogP contribution >= 0.6 is 0 Å². The first kappa shape index (κ1) is 23.8. The average molecular weight is 448 g/mol. The number of aliphatic imine (C=N–C) groups is 1. The van der Waals surface area contributed by atoms with Crippen molar-refractivity contribution in [2.24, 2.45) is 10.9 Å². The van der Waals surface area contributed by atoms with Crippen LogP contribution in [0.4, 0.5) is 8.78 Å². The third kappa shape index (κ3) is 6.35. The van der Waals surface area contributed by atoms with Crippen LogP contribution in [0.25, 0.3) is 0 Å². The fraction of sp³-hybridized carbons (Fsp3) is 0.522. The Labute approximate surface area is 187 Å². The molecule has 2 aliphatic heterocycles. The Bertz CT molecular complexity index is 847. The van der Waals surface area contributed by atoms with E-state index < -0.39 is 5.92 Å². The quantitative estimate of drug-likeness (QED) is 0.317. The number of nitrogens with one attached hydrogen (secondary N) is 3. The number of carbonyl (C=O) groups excluding carboxylic acids is 2. The van der Waals surface area contributed by atoms with Gasteiger partial charge in [-0.2, -0.15) is 0 Å². The number of amides is 2. The van der Waals surface area contributed by atoms with Gasteiger partial charge in [0.1, 0.15) is 6.17 Å². The molecule has 0 aromatic rings. The Morgan fingerprint density at radius 1 is 1.25 bits per heavy atom. The summed E-state index contributed by atoms with van der Waals surface area (Å²) >= 11 is 0. The number of allylic oxidation sites excluding steroid dienone is 4. The normalized spacial score (nSPS) is 22.1. The van der Waals surface area contributed by atoms with Crippen LogP contribution in [0.2, 0.25) is 0 Å². The van der Waals surface area contributed by atoms with Gasteiger partial charge >= 0.3 is 0 Å². The number of nitrogens with zero attached hydrogens (tertiary/aromatic N) is 2. The highest BCUT2D eigenvalue weighted by molar-refractivity contribution is 5.94. The van der Waals surface area contributed by atoms with Gasteiger partial charge in [0.2, 0.25) is 18.2 Å². The molecule has 0 radical (unpaired) electrons. The summed E-state index contributed by atoms with van der Waals surface area (Å²) in [7, 11) is 1.84. The minimum atomic E-state index is -2.82. The monoisotopic (exact) mass is 447 g/mol. The third-order valence-electron chi connectivity index (χ3n) is 5.81. The summed E-state index contributed by atoms with van der Waals surface area (Å²) in [6.07, 6.45) is 12.9. The van der Waals surface area contributed by atoms with Crippen molar-refractivity contribution in [3.05, 3.63) is 47.3 Å². The number of halogens is 2. The summed E-state index contributed by atoms with van der Waals surface area (Å²) in [6.45, 7) is 1.28. The number of carbonyl (C=O) groups is 2. The Hall–Kier alpha value is -2.81. The molecule has 0 saturated carbocycles. The van der Waals surface area contributed by atoms with Gasteiger partial charge in [-0.3, -0.25) is 14.6 Å². The largest absolute Gasteiger partial charge is 0.358 e. The molecule has 174 valence electrons. The lowest BCUT2D eigenvalue weighted by atomic mass is 9.96. The zero-order valence-electron chi connectivity index (χ0n) is 18.3. The first-order valence-corrected chi connectivity index (χ1v) is 11.0. The second-order valence-corrected chi connectivity index (χ2v) is 8.15. The zero-order chi connectivity index (χ0) is 23.0. The molecule has 0 aromatic carbocycles. The molecule has 2 unspecified atom stereocenters. The summed E-state index contributed by atoms with van der Waals surface area (Å²) in [4.78, 5) is 29.1. The molecular formula is C23H31F2N5O2. The van der Waals surface area contributed by atoms with Crippen molar-refractivity contribution in [3.8, 4) is 0 Å². The Kier molecular flexibility index (Phi) is 8.33. The number of hydrogen-bond acceptors (Lipinski definition) is 5. The SMILES string of the molecule is CNCCNC(=O)C1=CC=C(N2C=CC3C=C(CCC(F)(F)CCNC=O)C=NC32)CC1. The van der Waals surface area contributed by atoms with Crippen molar-refractivity contribution in [1.29, 1.82) is 0 Å². The van der Waals surface area contributed by atoms with Gasteiger partial charge in [-0.25, -0.2) is 8.78 Å². The van der Waals surface area contributed by atoms with Crippen molar-refractivity contribution in [2.45, 2.75) is 44.2 Å². The predicted molar refractivity (Wildman–Crippen MR) is 120 cm³/mol. The van der Waals surface area contributed by atoms with Crippen molar-refractivity contribution >= 4 is 18.5 Å². The fourth-order valence-corrected chi connectivity index (χ4v) is 3.97. The van der Waals surface area contributed by atoms with Crippen LogP contribution < -0.4 is 16.0 Å². The predicted octanol–water partition coefficient (Wildman–Crippen LogP) is 2.26. The molecule has 0 saturated heterocycles. The maximum Gasteiger partial charge on any atom is 0.250 e. The molecule has 3 rings (SSSR count). The molecule has 9 heteroatoms. The van der Waals surface area contributed by atoms with Crippen LogP contribution in [0.5, 0.6) is 0 Å². The van der Waals surface area contributed by atoms with Crippen LogP contribution in [0.1, 0.15) is 32.1 Å². The van der Waals surface area contributed by atoms with Crippen LogP contribution in [-0.2, 0) is 9.59 Å². The van der Waals surface area contributed by atoms with Crippen LogP contribution in [-0.4, -0.2) is 62.2 Å². The smallest absolute Gasteiger partial charge is 0.250 e. The minimum absolute atomic E-state index is 0.0328. The molecule has 3 N–H and O–H groups in total. The van der Waals surface area contributed by atoms with E-state index in [9.17, 15) is 18.4 Å². The van der Waals surface area contributed by atoms with E-state index in [4.69, 9.17) is 0 Å². The van der Waals surface area contributed by atoms with Crippen LogP contribution in [0, 0.1) is 5.92 Å². The molecule has 2 heterocycles. The van der Waals surface area contributed by atoms with Gasteiger partial charge < -0.3 is 20.9 Å². The van der Waals surface area contributed by atoms with Crippen molar-refractivity contribution < 1.29 is 18.4 Å². The number of hydrogen-bond donors (Lipinski definition) is 3. The number of alkyl halides is 2. The van der Waals surface area contributed by atoms with Crippen molar-refractivity contribution in [3.63, 3.8) is 0 Å². The zero-order valence-corrected chi connectivity index (χ0v) is 18.3. The Morgan fingerprint density at radius 2 is 2.09 bits per heavy atom. The maximum atomic E-state index is 14.0. The highest BCUT2D eigenvalue weighted by Crippen LogP contribution is 2.35. The van der Waals surface area contributed by atoms with E-state index in [-0.39, 0.29) is 43.8 Å². The highest BCUT2D eigenvalue weighted by atomic mass is 19.3. The lowest BCUT2D eigenvalue weighted by Crippen LogP contribution is -2.33. The van der Waals surface area contributed by atoms with Gasteiger partial charge in [0, 0.05) is 62.1 Å². The lowest BCUT2D eigenvalue weighted by molar-refractivity contribution is -0.117. The standard InChI is InChI=1S/C23H31F2N5O2/c1-26-11-12-28-22(32)18-2-4-20(5-3-18)30-13-7-19-14-17(15-29-21(19)30)6-8-23(24,25)9-10-27-16-31/h2,4,7,13-16,19,21,26H,3,5-6,8-12H2,1H3,(H,27,31)(H,28,32). The van der Waals surface area contributed by atoms with Gasteiger partial charge in [-0.05, 0) is 38.0 Å². The molecule has 0 fully saturated rings. The Balaban J connectivity index is 1.53. The molecule has 1 aliphatic carbocycles. The van der Waals surface area contributed by atoms with Crippen molar-refractivity contribution in [2.75, 3.05) is 26.7 Å². The summed E-state index contributed by atoms with van der Waals surface area (Å²) in [5.41, 5.74) is 2.66. The molecule has 7 nitrogen and oxygen atoms in total. The number of fused-ring (bicyclic) bond motifs is 1. The van der Waals surface area contributed by atoms with E-state index in [1.165, 1.54) is 0 Å². The van der Waals surface area contributed by atoms with Gasteiger partial charge in [0.05, 0.1) is 0 Å². The second kappa shape index (κ2) is 11.2. The maximum absolute atomic E-state index is 14.0. The molecule has 0 spiro atoms. The Morgan fingerprint density at radius 3 is 2.81 bits per heavy atom. The fourth-order valence-electron chi connectivity index (χ4n) is 3.97. The number of likely N-dealkylation sites (N-methyl/N-ethyl adjacent to an activating group) is 1. The number of rotatable bonds is 12. The average Bonchev–Trinajstić information content (AvgIpc) is 3.21. The summed E-state index contributed by atoms with van der Waals surface area (Å²) in [6, 6.07) is 0. The van der Waals surface area contributed by atoms with E-state index in [2.05, 4.69) is 25.8 Å². The first-order chi connectivity index (χ1) is 15.4. The van der Waals surface area contributed by atoms with E-state index in [1.807, 2.05) is 37.6 Å². The van der Waals surface area contributed by atoms with E-state index >= 15 is 0 Å².